The van der Waals surface area contributed by atoms with Crippen molar-refractivity contribution in [2.75, 3.05) is 19.7 Å². The molecule has 0 radical (unpaired) electrons. The van der Waals surface area contributed by atoms with Crippen molar-refractivity contribution in [1.29, 1.82) is 0 Å². The van der Waals surface area contributed by atoms with Crippen LogP contribution in [-0.2, 0) is 4.74 Å². The molecule has 0 bridgehead atoms. The first-order chi connectivity index (χ1) is 7.13. The third-order valence-corrected chi connectivity index (χ3v) is 2.59. The molecule has 0 aromatic rings. The molecule has 15 heavy (non-hydrogen) atoms. The minimum absolute atomic E-state index is 0.166. The second-order valence-corrected chi connectivity index (χ2v) is 4.28. The Balaban J connectivity index is 2.26. The zero-order valence-corrected chi connectivity index (χ0v) is 9.95. The summed E-state index contributed by atoms with van der Waals surface area (Å²) < 4.78 is 4.96. The van der Waals surface area contributed by atoms with Crippen molar-refractivity contribution >= 4 is 6.09 Å². The van der Waals surface area contributed by atoms with Gasteiger partial charge in [0, 0.05) is 25.2 Å². The molecule has 1 rings (SSSR count). The van der Waals surface area contributed by atoms with Crippen LogP contribution < -0.4 is 5.32 Å². The van der Waals surface area contributed by atoms with Crippen molar-refractivity contribution in [2.45, 2.75) is 45.7 Å². The SMILES string of the molecule is CCOC(=O)N1CCC(NC(C)C)CC1. The van der Waals surface area contributed by atoms with Crippen LogP contribution in [0.2, 0.25) is 0 Å². The van der Waals surface area contributed by atoms with E-state index in [0.717, 1.165) is 25.9 Å². The third-order valence-electron chi connectivity index (χ3n) is 2.59. The average Bonchev–Trinajstić information content (AvgIpc) is 2.18. The number of nitrogens with zero attached hydrogens (tertiary/aromatic N) is 1. The number of rotatable bonds is 3. The second kappa shape index (κ2) is 5.95. The number of amides is 1. The summed E-state index contributed by atoms with van der Waals surface area (Å²) in [6.07, 6.45) is 1.88. The predicted octanol–water partition coefficient (Wildman–Crippen LogP) is 1.61. The Morgan fingerprint density at radius 2 is 2.07 bits per heavy atom. The van der Waals surface area contributed by atoms with Crippen molar-refractivity contribution in [2.24, 2.45) is 0 Å². The van der Waals surface area contributed by atoms with E-state index in [2.05, 4.69) is 19.2 Å². The van der Waals surface area contributed by atoms with Crippen molar-refractivity contribution in [3.63, 3.8) is 0 Å². The lowest BCUT2D eigenvalue weighted by molar-refractivity contribution is 0.0945. The average molecular weight is 214 g/mol. The van der Waals surface area contributed by atoms with Gasteiger partial charge in [-0.3, -0.25) is 0 Å². The van der Waals surface area contributed by atoms with Crippen molar-refractivity contribution in [3.05, 3.63) is 0 Å². The van der Waals surface area contributed by atoms with E-state index in [1.807, 2.05) is 6.92 Å². The summed E-state index contributed by atoms with van der Waals surface area (Å²) in [4.78, 5) is 13.2. The fourth-order valence-corrected chi connectivity index (χ4v) is 1.91. The van der Waals surface area contributed by atoms with Crippen LogP contribution in [0.1, 0.15) is 33.6 Å². The van der Waals surface area contributed by atoms with Crippen LogP contribution in [0.5, 0.6) is 0 Å². The molecular formula is C11H22N2O2. The first-order valence-corrected chi connectivity index (χ1v) is 5.81. The fourth-order valence-electron chi connectivity index (χ4n) is 1.91. The summed E-state index contributed by atoms with van der Waals surface area (Å²) in [6.45, 7) is 8.22. The molecule has 4 nitrogen and oxygen atoms in total. The van der Waals surface area contributed by atoms with E-state index in [1.165, 1.54) is 0 Å². The topological polar surface area (TPSA) is 41.6 Å². The van der Waals surface area contributed by atoms with Gasteiger partial charge in [0.1, 0.15) is 0 Å². The van der Waals surface area contributed by atoms with Crippen LogP contribution >= 0.6 is 0 Å². The molecule has 0 aromatic carbocycles. The van der Waals surface area contributed by atoms with Crippen LogP contribution in [-0.4, -0.2) is 42.8 Å². The van der Waals surface area contributed by atoms with Gasteiger partial charge in [0.05, 0.1) is 6.61 Å². The summed E-state index contributed by atoms with van der Waals surface area (Å²) in [5, 5.41) is 3.49. The maximum absolute atomic E-state index is 11.4. The van der Waals surface area contributed by atoms with Gasteiger partial charge in [0.15, 0.2) is 0 Å². The normalized spacial score (nSPS) is 18.3. The van der Waals surface area contributed by atoms with E-state index in [-0.39, 0.29) is 6.09 Å². The number of nitrogens with one attached hydrogen (secondary N) is 1. The standard InChI is InChI=1S/C11H22N2O2/c1-4-15-11(14)13-7-5-10(6-8-13)12-9(2)3/h9-10,12H,4-8H2,1-3H3. The van der Waals surface area contributed by atoms with E-state index in [1.54, 1.807) is 4.90 Å². The van der Waals surface area contributed by atoms with Crippen LogP contribution in [0.15, 0.2) is 0 Å². The van der Waals surface area contributed by atoms with E-state index >= 15 is 0 Å². The van der Waals surface area contributed by atoms with Gasteiger partial charge in [-0.1, -0.05) is 13.8 Å². The van der Waals surface area contributed by atoms with Gasteiger partial charge in [-0.05, 0) is 19.8 Å². The Morgan fingerprint density at radius 1 is 1.47 bits per heavy atom. The molecule has 0 unspecified atom stereocenters. The quantitative estimate of drug-likeness (QED) is 0.776. The van der Waals surface area contributed by atoms with E-state index in [9.17, 15) is 4.79 Å². The Bertz CT molecular complexity index is 199. The number of piperidine rings is 1. The highest BCUT2D eigenvalue weighted by Crippen LogP contribution is 2.11. The highest BCUT2D eigenvalue weighted by molar-refractivity contribution is 5.67. The number of ether oxygens (including phenoxy) is 1. The molecule has 0 atom stereocenters. The lowest BCUT2D eigenvalue weighted by Gasteiger charge is -2.32. The minimum atomic E-state index is -0.166. The van der Waals surface area contributed by atoms with Crippen molar-refractivity contribution in [3.8, 4) is 0 Å². The van der Waals surface area contributed by atoms with Crippen LogP contribution in [0.25, 0.3) is 0 Å². The van der Waals surface area contributed by atoms with E-state index in [0.29, 0.717) is 18.7 Å². The maximum Gasteiger partial charge on any atom is 0.409 e. The lowest BCUT2D eigenvalue weighted by Crippen LogP contribution is -2.46. The smallest absolute Gasteiger partial charge is 0.409 e. The number of hydrogen-bond acceptors (Lipinski definition) is 3. The van der Waals surface area contributed by atoms with Crippen LogP contribution in [0.3, 0.4) is 0 Å². The Hall–Kier alpha value is -0.770. The van der Waals surface area contributed by atoms with Gasteiger partial charge in [0.25, 0.3) is 0 Å². The number of carbonyl (C=O) groups excluding carboxylic acids is 1. The summed E-state index contributed by atoms with van der Waals surface area (Å²) >= 11 is 0. The Kier molecular flexibility index (Phi) is 4.88. The fraction of sp³-hybridized carbons (Fsp3) is 0.909. The van der Waals surface area contributed by atoms with Gasteiger partial charge in [-0.15, -0.1) is 0 Å². The minimum Gasteiger partial charge on any atom is -0.450 e. The van der Waals surface area contributed by atoms with E-state index < -0.39 is 0 Å². The molecule has 1 fully saturated rings. The molecule has 1 aliphatic heterocycles. The first-order valence-electron chi connectivity index (χ1n) is 5.81. The van der Waals surface area contributed by atoms with Gasteiger partial charge < -0.3 is 15.0 Å². The van der Waals surface area contributed by atoms with Crippen LogP contribution in [0, 0.1) is 0 Å². The van der Waals surface area contributed by atoms with Crippen molar-refractivity contribution in [1.82, 2.24) is 10.2 Å². The number of likely N-dealkylation sites (tertiary alicyclic amines) is 1. The monoisotopic (exact) mass is 214 g/mol. The third kappa shape index (κ3) is 4.08. The molecule has 0 saturated carbocycles. The molecule has 1 N–H and O–H groups in total. The van der Waals surface area contributed by atoms with Gasteiger partial charge >= 0.3 is 6.09 Å². The molecule has 4 heteroatoms. The second-order valence-electron chi connectivity index (χ2n) is 4.28. The largest absolute Gasteiger partial charge is 0.450 e. The lowest BCUT2D eigenvalue weighted by atomic mass is 10.0. The Morgan fingerprint density at radius 3 is 2.53 bits per heavy atom. The number of hydrogen-bond donors (Lipinski definition) is 1. The molecule has 1 amide bonds. The van der Waals surface area contributed by atoms with Gasteiger partial charge in [-0.2, -0.15) is 0 Å². The zero-order valence-electron chi connectivity index (χ0n) is 9.95. The predicted molar refractivity (Wildman–Crippen MR) is 59.9 cm³/mol. The highest BCUT2D eigenvalue weighted by atomic mass is 16.6. The summed E-state index contributed by atoms with van der Waals surface area (Å²) in [5.74, 6) is 0. The number of carbonyl (C=O) groups is 1. The van der Waals surface area contributed by atoms with Gasteiger partial charge in [0.2, 0.25) is 0 Å². The van der Waals surface area contributed by atoms with E-state index in [4.69, 9.17) is 4.74 Å². The molecule has 1 saturated heterocycles. The molecule has 1 aliphatic rings. The first kappa shape index (κ1) is 12.3. The summed E-state index contributed by atoms with van der Waals surface area (Å²) in [5.41, 5.74) is 0. The highest BCUT2D eigenvalue weighted by Gasteiger charge is 2.23. The molecular weight excluding hydrogens is 192 g/mol. The Labute approximate surface area is 92.0 Å². The molecule has 88 valence electrons. The van der Waals surface area contributed by atoms with Crippen molar-refractivity contribution < 1.29 is 9.53 Å². The van der Waals surface area contributed by atoms with Gasteiger partial charge in [-0.25, -0.2) is 4.79 Å². The molecule has 0 aromatic heterocycles. The summed E-state index contributed by atoms with van der Waals surface area (Å²) in [6, 6.07) is 1.07. The zero-order chi connectivity index (χ0) is 11.3. The molecule has 0 spiro atoms. The molecule has 1 heterocycles. The molecule has 0 aliphatic carbocycles. The summed E-state index contributed by atoms with van der Waals surface area (Å²) in [7, 11) is 0. The maximum atomic E-state index is 11.4. The van der Waals surface area contributed by atoms with Crippen LogP contribution in [0.4, 0.5) is 4.79 Å².